The van der Waals surface area contributed by atoms with Gasteiger partial charge in [-0.1, -0.05) is 91.0 Å². The van der Waals surface area contributed by atoms with Crippen LogP contribution in [0.4, 0.5) is 0 Å². The molecule has 0 aliphatic heterocycles. The average Bonchev–Trinajstić information content (AvgIpc) is 3.21. The number of hydrogen-bond acceptors (Lipinski definition) is 0. The molecule has 0 spiro atoms. The molecule has 186 valence electrons. The van der Waals surface area contributed by atoms with Crippen LogP contribution in [0.25, 0.3) is 0 Å². The zero-order valence-electron chi connectivity index (χ0n) is 22.5. The predicted octanol–water partition coefficient (Wildman–Crippen LogP) is 10.1. The first-order valence-electron chi connectivity index (χ1n) is 12.2. The van der Waals surface area contributed by atoms with Crippen LogP contribution in [0.5, 0.6) is 0 Å². The molecule has 2 saturated carbocycles. The van der Waals surface area contributed by atoms with E-state index in [2.05, 4.69) is 91.0 Å². The van der Waals surface area contributed by atoms with Crippen molar-refractivity contribution in [1.82, 2.24) is 0 Å². The summed E-state index contributed by atoms with van der Waals surface area (Å²) in [5.74, 6) is 6.39. The third kappa shape index (κ3) is 7.23. The third-order valence-corrected chi connectivity index (χ3v) is 8.68. The summed E-state index contributed by atoms with van der Waals surface area (Å²) >= 11 is -0.826. The van der Waals surface area contributed by atoms with E-state index in [9.17, 15) is 0 Å². The topological polar surface area (TPSA) is 0 Å². The predicted molar refractivity (Wildman–Crippen MR) is 146 cm³/mol. The molecule has 4 rings (SSSR count). The standard InChI is InChI=1S/C28H42.2CH3.2ClH.Zr/c1-18-14-21(28(5,6)7)15-19(18)16-25-22-10-8-9-11-23(22)26-17-20(27(2,3)4)12-13-24(25)26;;;;;/h8-13,17-19,21-26H,14-16H2,1-7H3;2*1H3;2*1H;/q;2*-1;;;+4/p-2. The second-order valence-corrected chi connectivity index (χ2v) is 16.3. The van der Waals surface area contributed by atoms with E-state index in [0.29, 0.717) is 17.3 Å². The van der Waals surface area contributed by atoms with Gasteiger partial charge < -0.3 is 14.9 Å². The van der Waals surface area contributed by atoms with E-state index in [1.165, 1.54) is 24.8 Å². The van der Waals surface area contributed by atoms with Gasteiger partial charge in [0.05, 0.1) is 0 Å². The molecule has 0 nitrogen and oxygen atoms in total. The monoisotopic (exact) mass is 568 g/mol. The summed E-state index contributed by atoms with van der Waals surface area (Å²) in [7, 11) is 9.87. The van der Waals surface area contributed by atoms with Gasteiger partial charge in [0.15, 0.2) is 0 Å². The second kappa shape index (κ2) is 12.6. The van der Waals surface area contributed by atoms with Crippen LogP contribution in [-0.2, 0) is 20.8 Å². The number of fused-ring (bicyclic) bond motifs is 3. The summed E-state index contributed by atoms with van der Waals surface area (Å²) in [5, 5.41) is 0. The number of halogens is 2. The maximum absolute atomic E-state index is 4.93. The average molecular weight is 571 g/mol. The van der Waals surface area contributed by atoms with E-state index >= 15 is 0 Å². The quantitative estimate of drug-likeness (QED) is 0.290. The first kappa shape index (κ1) is 31.5. The Bertz CT molecular complexity index is 733. The van der Waals surface area contributed by atoms with Gasteiger partial charge in [-0.05, 0) is 83.0 Å². The Kier molecular flexibility index (Phi) is 12.0. The summed E-state index contributed by atoms with van der Waals surface area (Å²) in [4.78, 5) is 0. The van der Waals surface area contributed by atoms with Crippen molar-refractivity contribution in [3.05, 3.63) is 63.0 Å². The van der Waals surface area contributed by atoms with Crippen molar-refractivity contribution in [3.8, 4) is 0 Å². The van der Waals surface area contributed by atoms with E-state index in [1.54, 1.807) is 0 Å². The van der Waals surface area contributed by atoms with Crippen LogP contribution in [0.1, 0.15) is 67.7 Å². The van der Waals surface area contributed by atoms with Gasteiger partial charge in [-0.15, -0.1) is 0 Å². The van der Waals surface area contributed by atoms with Gasteiger partial charge >= 0.3 is 37.9 Å². The molecule has 2 fully saturated rings. The van der Waals surface area contributed by atoms with Gasteiger partial charge in [0.25, 0.3) is 0 Å². The summed E-state index contributed by atoms with van der Waals surface area (Å²) in [6.45, 7) is 17.0. The number of rotatable bonds is 2. The Morgan fingerprint density at radius 3 is 1.91 bits per heavy atom. The Hall–Kier alpha value is 0.423. The third-order valence-electron chi connectivity index (χ3n) is 8.68. The Morgan fingerprint density at radius 1 is 0.848 bits per heavy atom. The van der Waals surface area contributed by atoms with Gasteiger partial charge in [0.1, 0.15) is 0 Å². The molecule has 0 N–H and O–H groups in total. The van der Waals surface area contributed by atoms with Crippen molar-refractivity contribution < 1.29 is 20.8 Å². The van der Waals surface area contributed by atoms with Crippen molar-refractivity contribution in [2.45, 2.75) is 67.7 Å². The Labute approximate surface area is 225 Å². The molecular weight excluding hydrogens is 522 g/mol. The van der Waals surface area contributed by atoms with Crippen molar-refractivity contribution >= 4 is 17.0 Å². The molecule has 0 amide bonds. The molecule has 3 heteroatoms. The Balaban J connectivity index is 0.00000103. The summed E-state index contributed by atoms with van der Waals surface area (Å²) < 4.78 is 0. The number of hydrogen-bond donors (Lipinski definition) is 0. The molecule has 0 aromatic rings. The first-order chi connectivity index (χ1) is 14.5. The van der Waals surface area contributed by atoms with Gasteiger partial charge in [-0.2, -0.15) is 0 Å². The van der Waals surface area contributed by atoms with Crippen LogP contribution in [0, 0.1) is 73.0 Å². The van der Waals surface area contributed by atoms with Crippen LogP contribution < -0.4 is 0 Å². The van der Waals surface area contributed by atoms with Crippen molar-refractivity contribution in [2.24, 2.45) is 58.2 Å². The first-order valence-corrected chi connectivity index (χ1v) is 18.5. The molecule has 0 aromatic carbocycles. The molecule has 0 radical (unpaired) electrons. The van der Waals surface area contributed by atoms with Crippen LogP contribution in [0.2, 0.25) is 0 Å². The molecule has 33 heavy (non-hydrogen) atoms. The zero-order chi connectivity index (χ0) is 23.0. The van der Waals surface area contributed by atoms with Gasteiger partial charge in [-0.3, -0.25) is 0 Å². The van der Waals surface area contributed by atoms with E-state index in [-0.39, 0.29) is 20.3 Å². The SMILES string of the molecule is CC1CC(C(C)(C)C)CC1CC1C2C=CC=CC2C2C=C(C(C)(C)C)C=CC21.[CH3-].[CH3-].[Cl][Zr+2][Cl]. The normalized spacial score (nSPS) is 36.3. The molecule has 4 aliphatic rings. The minimum absolute atomic E-state index is 0. The van der Waals surface area contributed by atoms with Gasteiger partial charge in [0.2, 0.25) is 0 Å². The molecule has 4 aliphatic carbocycles. The fourth-order valence-corrected chi connectivity index (χ4v) is 6.76. The molecule has 8 atom stereocenters. The van der Waals surface area contributed by atoms with Crippen LogP contribution in [0.3, 0.4) is 0 Å². The fourth-order valence-electron chi connectivity index (χ4n) is 6.76. The van der Waals surface area contributed by atoms with Gasteiger partial charge in [0, 0.05) is 0 Å². The summed E-state index contributed by atoms with van der Waals surface area (Å²) in [5.41, 5.74) is 2.26. The zero-order valence-corrected chi connectivity index (χ0v) is 26.5. The number of allylic oxidation sites excluding steroid dienone is 8. The summed E-state index contributed by atoms with van der Waals surface area (Å²) in [6, 6.07) is 0. The minimum atomic E-state index is -0.826. The molecule has 0 heterocycles. The van der Waals surface area contributed by atoms with Crippen molar-refractivity contribution in [3.63, 3.8) is 0 Å². The molecule has 8 unspecified atom stereocenters. The van der Waals surface area contributed by atoms with E-state index in [0.717, 1.165) is 35.5 Å². The Morgan fingerprint density at radius 2 is 1.39 bits per heavy atom. The van der Waals surface area contributed by atoms with E-state index in [1.807, 2.05) is 0 Å². The van der Waals surface area contributed by atoms with Crippen LogP contribution in [-0.4, -0.2) is 0 Å². The van der Waals surface area contributed by atoms with Crippen molar-refractivity contribution in [1.29, 1.82) is 0 Å². The molecule has 0 saturated heterocycles. The summed E-state index contributed by atoms with van der Waals surface area (Å²) in [6.07, 6.45) is 21.7. The van der Waals surface area contributed by atoms with E-state index < -0.39 is 20.8 Å². The molecule has 0 bridgehead atoms. The van der Waals surface area contributed by atoms with Crippen LogP contribution in [0.15, 0.2) is 48.1 Å². The fraction of sp³-hybridized carbons (Fsp3) is 0.667. The maximum atomic E-state index is 4.93. The van der Waals surface area contributed by atoms with Crippen LogP contribution >= 0.6 is 17.0 Å². The molecule has 0 aromatic heterocycles. The van der Waals surface area contributed by atoms with E-state index in [4.69, 9.17) is 17.0 Å². The van der Waals surface area contributed by atoms with Crippen molar-refractivity contribution in [2.75, 3.05) is 0 Å². The second-order valence-electron chi connectivity index (χ2n) is 12.6. The molecular formula is C30H48Cl2Zr. The van der Waals surface area contributed by atoms with Gasteiger partial charge in [-0.25, -0.2) is 0 Å².